The SMILES string of the molecule is CC(C)N1CCC(N2CC[C@H](F)C2)CC1. The van der Waals surface area contributed by atoms with Crippen LogP contribution in [0.5, 0.6) is 0 Å². The van der Waals surface area contributed by atoms with E-state index in [9.17, 15) is 4.39 Å². The summed E-state index contributed by atoms with van der Waals surface area (Å²) in [7, 11) is 0. The number of halogens is 1. The molecule has 2 aliphatic heterocycles. The third-order valence-corrected chi connectivity index (χ3v) is 3.91. The Balaban J connectivity index is 1.78. The maximum absolute atomic E-state index is 13.1. The molecule has 2 fully saturated rings. The van der Waals surface area contributed by atoms with Crippen LogP contribution < -0.4 is 0 Å². The van der Waals surface area contributed by atoms with Gasteiger partial charge in [-0.25, -0.2) is 4.39 Å². The third kappa shape index (κ3) is 2.70. The predicted octanol–water partition coefficient (Wildman–Crippen LogP) is 1.90. The molecule has 2 nitrogen and oxygen atoms in total. The lowest BCUT2D eigenvalue weighted by atomic mass is 10.0. The monoisotopic (exact) mass is 214 g/mol. The molecule has 88 valence electrons. The molecular weight excluding hydrogens is 191 g/mol. The first kappa shape index (κ1) is 11.3. The Morgan fingerprint density at radius 1 is 1.07 bits per heavy atom. The number of nitrogens with zero attached hydrogens (tertiary/aromatic N) is 2. The first-order valence-corrected chi connectivity index (χ1v) is 6.29. The van der Waals surface area contributed by atoms with E-state index in [4.69, 9.17) is 0 Å². The van der Waals surface area contributed by atoms with Crippen molar-refractivity contribution < 1.29 is 4.39 Å². The van der Waals surface area contributed by atoms with Crippen molar-refractivity contribution in [2.75, 3.05) is 26.2 Å². The van der Waals surface area contributed by atoms with Gasteiger partial charge >= 0.3 is 0 Å². The van der Waals surface area contributed by atoms with Crippen molar-refractivity contribution >= 4 is 0 Å². The van der Waals surface area contributed by atoms with E-state index in [1.54, 1.807) is 0 Å². The average Bonchev–Trinajstić information content (AvgIpc) is 2.65. The van der Waals surface area contributed by atoms with Gasteiger partial charge in [0.05, 0.1) is 0 Å². The molecule has 1 atom stereocenters. The number of hydrogen-bond donors (Lipinski definition) is 0. The fourth-order valence-corrected chi connectivity index (χ4v) is 2.84. The predicted molar refractivity (Wildman–Crippen MR) is 60.8 cm³/mol. The number of piperidine rings is 1. The van der Waals surface area contributed by atoms with Gasteiger partial charge in [0.2, 0.25) is 0 Å². The fraction of sp³-hybridized carbons (Fsp3) is 1.00. The molecule has 0 saturated carbocycles. The zero-order chi connectivity index (χ0) is 10.8. The second-order valence-corrected chi connectivity index (χ2v) is 5.24. The van der Waals surface area contributed by atoms with Crippen LogP contribution in [0.1, 0.15) is 33.1 Å². The highest BCUT2D eigenvalue weighted by atomic mass is 19.1. The highest BCUT2D eigenvalue weighted by Crippen LogP contribution is 2.23. The first-order chi connectivity index (χ1) is 7.16. The molecule has 0 aromatic carbocycles. The van der Waals surface area contributed by atoms with E-state index in [1.165, 1.54) is 25.9 Å². The van der Waals surface area contributed by atoms with Crippen LogP contribution in [0.2, 0.25) is 0 Å². The quantitative estimate of drug-likeness (QED) is 0.693. The van der Waals surface area contributed by atoms with Gasteiger partial charge in [-0.3, -0.25) is 4.90 Å². The summed E-state index contributed by atoms with van der Waals surface area (Å²) >= 11 is 0. The van der Waals surface area contributed by atoms with Crippen molar-refractivity contribution in [3.05, 3.63) is 0 Å². The minimum absolute atomic E-state index is 0.562. The van der Waals surface area contributed by atoms with Crippen LogP contribution >= 0.6 is 0 Å². The van der Waals surface area contributed by atoms with Crippen molar-refractivity contribution in [2.45, 2.75) is 51.4 Å². The van der Waals surface area contributed by atoms with Crippen molar-refractivity contribution in [3.63, 3.8) is 0 Å². The molecule has 0 N–H and O–H groups in total. The second-order valence-electron chi connectivity index (χ2n) is 5.24. The summed E-state index contributed by atoms with van der Waals surface area (Å²) < 4.78 is 13.1. The average molecular weight is 214 g/mol. The highest BCUT2D eigenvalue weighted by Gasteiger charge is 2.30. The molecule has 0 amide bonds. The van der Waals surface area contributed by atoms with Gasteiger partial charge in [-0.15, -0.1) is 0 Å². The number of rotatable bonds is 2. The zero-order valence-electron chi connectivity index (χ0n) is 9.95. The molecule has 0 spiro atoms. The normalized spacial score (nSPS) is 31.6. The Morgan fingerprint density at radius 3 is 2.20 bits per heavy atom. The van der Waals surface area contributed by atoms with Crippen LogP contribution in [0.25, 0.3) is 0 Å². The van der Waals surface area contributed by atoms with Crippen molar-refractivity contribution in [1.82, 2.24) is 9.80 Å². The molecule has 2 heterocycles. The third-order valence-electron chi connectivity index (χ3n) is 3.91. The van der Waals surface area contributed by atoms with Crippen LogP contribution in [0, 0.1) is 0 Å². The van der Waals surface area contributed by atoms with Gasteiger partial charge in [0, 0.05) is 25.2 Å². The zero-order valence-corrected chi connectivity index (χ0v) is 9.95. The number of hydrogen-bond acceptors (Lipinski definition) is 2. The van der Waals surface area contributed by atoms with Gasteiger partial charge < -0.3 is 4.90 Å². The van der Waals surface area contributed by atoms with Crippen LogP contribution in [0.3, 0.4) is 0 Å². The van der Waals surface area contributed by atoms with E-state index in [0.29, 0.717) is 18.6 Å². The maximum atomic E-state index is 13.1. The maximum Gasteiger partial charge on any atom is 0.114 e. The van der Waals surface area contributed by atoms with Crippen LogP contribution in [-0.2, 0) is 0 Å². The summed E-state index contributed by atoms with van der Waals surface area (Å²) in [6.07, 6.45) is 2.65. The summed E-state index contributed by atoms with van der Waals surface area (Å²) in [5, 5.41) is 0. The van der Waals surface area contributed by atoms with E-state index < -0.39 is 6.17 Å². The van der Waals surface area contributed by atoms with E-state index in [0.717, 1.165) is 13.0 Å². The summed E-state index contributed by atoms with van der Waals surface area (Å²) in [6, 6.07) is 1.32. The Kier molecular flexibility index (Phi) is 3.62. The van der Waals surface area contributed by atoms with Crippen LogP contribution in [0.15, 0.2) is 0 Å². The molecule has 0 aliphatic carbocycles. The minimum atomic E-state index is -0.562. The summed E-state index contributed by atoms with van der Waals surface area (Å²) in [6.45, 7) is 8.56. The molecule has 0 aromatic rings. The summed E-state index contributed by atoms with van der Waals surface area (Å²) in [5.74, 6) is 0. The van der Waals surface area contributed by atoms with Gasteiger partial charge in [0.15, 0.2) is 0 Å². The molecule has 15 heavy (non-hydrogen) atoms. The van der Waals surface area contributed by atoms with E-state index in [-0.39, 0.29) is 0 Å². The Labute approximate surface area is 92.4 Å². The number of likely N-dealkylation sites (tertiary alicyclic amines) is 2. The molecule has 0 radical (unpaired) electrons. The molecule has 3 heteroatoms. The van der Waals surface area contributed by atoms with Gasteiger partial charge in [-0.1, -0.05) is 0 Å². The number of alkyl halides is 1. The fourth-order valence-electron chi connectivity index (χ4n) is 2.84. The second kappa shape index (κ2) is 4.79. The van der Waals surface area contributed by atoms with E-state index >= 15 is 0 Å². The smallest absolute Gasteiger partial charge is 0.114 e. The van der Waals surface area contributed by atoms with Crippen molar-refractivity contribution in [1.29, 1.82) is 0 Å². The van der Waals surface area contributed by atoms with Crippen LogP contribution in [-0.4, -0.2) is 54.2 Å². The van der Waals surface area contributed by atoms with Crippen molar-refractivity contribution in [2.24, 2.45) is 0 Å². The van der Waals surface area contributed by atoms with Gasteiger partial charge in [-0.05, 0) is 46.2 Å². The van der Waals surface area contributed by atoms with Crippen molar-refractivity contribution in [3.8, 4) is 0 Å². The Morgan fingerprint density at radius 2 is 1.73 bits per heavy atom. The molecular formula is C12H23FN2. The van der Waals surface area contributed by atoms with E-state index in [1.807, 2.05) is 0 Å². The standard InChI is InChI=1S/C12H23FN2/c1-10(2)14-7-4-12(5-8-14)15-6-3-11(13)9-15/h10-12H,3-9H2,1-2H3/t11-/m0/s1. The van der Waals surface area contributed by atoms with Gasteiger partial charge in [-0.2, -0.15) is 0 Å². The molecule has 0 bridgehead atoms. The van der Waals surface area contributed by atoms with Crippen LogP contribution in [0.4, 0.5) is 4.39 Å². The molecule has 0 unspecified atom stereocenters. The largest absolute Gasteiger partial charge is 0.301 e. The molecule has 0 aromatic heterocycles. The lowest BCUT2D eigenvalue weighted by molar-refractivity contribution is 0.103. The van der Waals surface area contributed by atoms with Gasteiger partial charge in [0.25, 0.3) is 0 Å². The van der Waals surface area contributed by atoms with E-state index in [2.05, 4.69) is 23.6 Å². The Hall–Kier alpha value is -0.150. The highest BCUT2D eigenvalue weighted by molar-refractivity contribution is 4.85. The lowest BCUT2D eigenvalue weighted by Gasteiger charge is -2.38. The first-order valence-electron chi connectivity index (χ1n) is 6.29. The lowest BCUT2D eigenvalue weighted by Crippen LogP contribution is -2.46. The molecule has 2 rings (SSSR count). The Bertz CT molecular complexity index is 200. The summed E-state index contributed by atoms with van der Waals surface area (Å²) in [5.41, 5.74) is 0. The molecule has 2 saturated heterocycles. The van der Waals surface area contributed by atoms with Gasteiger partial charge in [0.1, 0.15) is 6.17 Å². The summed E-state index contributed by atoms with van der Waals surface area (Å²) in [4.78, 5) is 4.89. The molecule has 2 aliphatic rings. The topological polar surface area (TPSA) is 6.48 Å². The minimum Gasteiger partial charge on any atom is -0.301 e.